The second kappa shape index (κ2) is 6.99. The predicted molar refractivity (Wildman–Crippen MR) is 105 cm³/mol. The number of anilines is 1. The van der Waals surface area contributed by atoms with E-state index >= 15 is 0 Å². The minimum Gasteiger partial charge on any atom is -0.334 e. The summed E-state index contributed by atoms with van der Waals surface area (Å²) in [4.78, 5) is 19.0. The van der Waals surface area contributed by atoms with E-state index in [-0.39, 0.29) is 11.8 Å². The summed E-state index contributed by atoms with van der Waals surface area (Å²) in [5.74, 6) is 1.16. The summed E-state index contributed by atoms with van der Waals surface area (Å²) in [6.07, 6.45) is 1.35. The van der Waals surface area contributed by atoms with Crippen molar-refractivity contribution >= 4 is 11.6 Å². The monoisotopic (exact) mass is 361 g/mol. The van der Waals surface area contributed by atoms with Crippen molar-refractivity contribution in [3.63, 3.8) is 0 Å². The van der Waals surface area contributed by atoms with Crippen molar-refractivity contribution in [2.75, 3.05) is 11.4 Å². The lowest BCUT2D eigenvalue weighted by Crippen LogP contribution is -2.24. The van der Waals surface area contributed by atoms with Gasteiger partial charge in [0.25, 0.3) is 5.89 Å². The summed E-state index contributed by atoms with van der Waals surface area (Å²) >= 11 is 0. The Kier molecular flexibility index (Phi) is 4.52. The fourth-order valence-corrected chi connectivity index (χ4v) is 3.47. The van der Waals surface area contributed by atoms with Crippen LogP contribution >= 0.6 is 0 Å². The first kappa shape index (κ1) is 17.5. The van der Waals surface area contributed by atoms with Gasteiger partial charge >= 0.3 is 0 Å². The molecule has 1 unspecified atom stereocenters. The Hall–Kier alpha value is -2.95. The van der Waals surface area contributed by atoms with Crippen LogP contribution in [0.5, 0.6) is 0 Å². The molecule has 0 aliphatic carbocycles. The molecular formula is C22H23N3O2. The van der Waals surface area contributed by atoms with Crippen LogP contribution < -0.4 is 4.90 Å². The van der Waals surface area contributed by atoms with Crippen LogP contribution in [0.25, 0.3) is 11.5 Å². The highest BCUT2D eigenvalue weighted by Crippen LogP contribution is 2.32. The molecule has 2 heterocycles. The highest BCUT2D eigenvalue weighted by molar-refractivity contribution is 5.96. The van der Waals surface area contributed by atoms with Crippen molar-refractivity contribution in [2.45, 2.75) is 39.5 Å². The molecule has 2 aromatic carbocycles. The van der Waals surface area contributed by atoms with Crippen LogP contribution in [0.1, 0.15) is 41.8 Å². The standard InChI is InChI=1S/C22H23N3O2/c1-4-16-6-5-7-19(11-16)25-13-18(12-20(25)26)21-23-22(27-24-21)17-9-8-14(2)15(3)10-17/h5-11,18H,4,12-13H2,1-3H3. The third-order valence-electron chi connectivity index (χ3n) is 5.32. The van der Waals surface area contributed by atoms with Gasteiger partial charge in [-0.15, -0.1) is 0 Å². The minimum atomic E-state index is -0.0492. The molecule has 1 fully saturated rings. The fourth-order valence-electron chi connectivity index (χ4n) is 3.47. The Balaban J connectivity index is 1.55. The van der Waals surface area contributed by atoms with Crippen LogP contribution in [0, 0.1) is 13.8 Å². The van der Waals surface area contributed by atoms with Gasteiger partial charge < -0.3 is 9.42 Å². The molecule has 1 aliphatic heterocycles. The van der Waals surface area contributed by atoms with Gasteiger partial charge in [0.2, 0.25) is 5.91 Å². The van der Waals surface area contributed by atoms with Gasteiger partial charge in [-0.1, -0.05) is 30.3 Å². The summed E-state index contributed by atoms with van der Waals surface area (Å²) in [6.45, 7) is 6.83. The molecule has 1 aliphatic rings. The zero-order valence-corrected chi connectivity index (χ0v) is 15.9. The predicted octanol–water partition coefficient (Wildman–Crippen LogP) is 4.44. The van der Waals surface area contributed by atoms with E-state index < -0.39 is 0 Å². The molecule has 5 heteroatoms. The van der Waals surface area contributed by atoms with Crippen LogP contribution in [-0.2, 0) is 11.2 Å². The summed E-state index contributed by atoms with van der Waals surface area (Å²) in [5.41, 5.74) is 5.49. The molecule has 1 atom stereocenters. The van der Waals surface area contributed by atoms with Crippen molar-refractivity contribution in [2.24, 2.45) is 0 Å². The molecule has 1 aromatic heterocycles. The summed E-state index contributed by atoms with van der Waals surface area (Å²) in [5, 5.41) is 4.16. The third-order valence-corrected chi connectivity index (χ3v) is 5.32. The molecule has 138 valence electrons. The quantitative estimate of drug-likeness (QED) is 0.689. The average molecular weight is 361 g/mol. The number of rotatable bonds is 4. The maximum absolute atomic E-state index is 12.6. The molecule has 3 aromatic rings. The number of carbonyl (C=O) groups is 1. The van der Waals surface area contributed by atoms with Crippen molar-refractivity contribution in [1.29, 1.82) is 0 Å². The molecule has 0 bridgehead atoms. The van der Waals surface area contributed by atoms with E-state index in [0.717, 1.165) is 17.7 Å². The highest BCUT2D eigenvalue weighted by Gasteiger charge is 2.34. The van der Waals surface area contributed by atoms with Crippen LogP contribution in [0.15, 0.2) is 47.0 Å². The van der Waals surface area contributed by atoms with Gasteiger partial charge in [0, 0.05) is 30.1 Å². The first-order valence-corrected chi connectivity index (χ1v) is 9.35. The number of aryl methyl sites for hydroxylation is 3. The Bertz CT molecular complexity index is 993. The van der Waals surface area contributed by atoms with E-state index in [1.807, 2.05) is 23.1 Å². The first-order chi connectivity index (χ1) is 13.0. The summed E-state index contributed by atoms with van der Waals surface area (Å²) in [6, 6.07) is 14.2. The number of nitrogens with zero attached hydrogens (tertiary/aromatic N) is 3. The number of hydrogen-bond donors (Lipinski definition) is 0. The molecular weight excluding hydrogens is 338 g/mol. The van der Waals surface area contributed by atoms with Crippen LogP contribution in [0.4, 0.5) is 5.69 Å². The van der Waals surface area contributed by atoms with Crippen molar-refractivity contribution in [1.82, 2.24) is 10.1 Å². The lowest BCUT2D eigenvalue weighted by Gasteiger charge is -2.17. The van der Waals surface area contributed by atoms with Gasteiger partial charge in [-0.05, 0) is 61.2 Å². The van der Waals surface area contributed by atoms with Gasteiger partial charge in [0.1, 0.15) is 0 Å². The number of aromatic nitrogens is 2. The topological polar surface area (TPSA) is 59.2 Å². The Labute approximate surface area is 159 Å². The first-order valence-electron chi connectivity index (χ1n) is 9.35. The number of benzene rings is 2. The molecule has 0 spiro atoms. The zero-order chi connectivity index (χ0) is 19.0. The van der Waals surface area contributed by atoms with Gasteiger partial charge in [-0.3, -0.25) is 4.79 Å². The molecule has 0 radical (unpaired) electrons. The van der Waals surface area contributed by atoms with Crippen molar-refractivity contribution < 1.29 is 9.32 Å². The summed E-state index contributed by atoms with van der Waals surface area (Å²) < 4.78 is 5.48. The van der Waals surface area contributed by atoms with Gasteiger partial charge in [-0.25, -0.2) is 0 Å². The third kappa shape index (κ3) is 3.37. The molecule has 0 saturated carbocycles. The lowest BCUT2D eigenvalue weighted by atomic mass is 10.1. The Morgan fingerprint density at radius 3 is 2.78 bits per heavy atom. The van der Waals surface area contributed by atoms with E-state index in [1.54, 1.807) is 0 Å². The second-order valence-corrected chi connectivity index (χ2v) is 7.19. The van der Waals surface area contributed by atoms with Gasteiger partial charge in [0.15, 0.2) is 5.82 Å². The molecule has 5 nitrogen and oxygen atoms in total. The van der Waals surface area contributed by atoms with Gasteiger partial charge in [-0.2, -0.15) is 4.98 Å². The van der Waals surface area contributed by atoms with Crippen molar-refractivity contribution in [3.05, 3.63) is 65.0 Å². The minimum absolute atomic E-state index is 0.0492. The van der Waals surface area contributed by atoms with E-state index in [1.165, 1.54) is 16.7 Å². The second-order valence-electron chi connectivity index (χ2n) is 7.19. The SMILES string of the molecule is CCc1cccc(N2CC(c3noc(-c4ccc(C)c(C)c4)n3)CC2=O)c1. The van der Waals surface area contributed by atoms with E-state index in [4.69, 9.17) is 4.52 Å². The zero-order valence-electron chi connectivity index (χ0n) is 15.9. The molecule has 4 rings (SSSR count). The highest BCUT2D eigenvalue weighted by atomic mass is 16.5. The maximum Gasteiger partial charge on any atom is 0.257 e. The molecule has 1 amide bonds. The number of carbonyl (C=O) groups excluding carboxylic acids is 1. The average Bonchev–Trinajstić information content (AvgIpc) is 3.31. The lowest BCUT2D eigenvalue weighted by molar-refractivity contribution is -0.117. The normalized spacial score (nSPS) is 16.9. The van der Waals surface area contributed by atoms with Crippen LogP contribution in [0.3, 0.4) is 0 Å². The number of hydrogen-bond acceptors (Lipinski definition) is 4. The van der Waals surface area contributed by atoms with E-state index in [9.17, 15) is 4.79 Å². The molecule has 0 N–H and O–H groups in total. The van der Waals surface area contributed by atoms with E-state index in [2.05, 4.69) is 55.2 Å². The van der Waals surface area contributed by atoms with Crippen molar-refractivity contribution in [3.8, 4) is 11.5 Å². The fraction of sp³-hybridized carbons (Fsp3) is 0.318. The number of amides is 1. The van der Waals surface area contributed by atoms with E-state index in [0.29, 0.717) is 24.7 Å². The smallest absolute Gasteiger partial charge is 0.257 e. The van der Waals surface area contributed by atoms with Crippen LogP contribution in [-0.4, -0.2) is 22.6 Å². The van der Waals surface area contributed by atoms with Gasteiger partial charge in [0.05, 0.1) is 0 Å². The Morgan fingerprint density at radius 1 is 1.15 bits per heavy atom. The molecule has 1 saturated heterocycles. The van der Waals surface area contributed by atoms with Crippen LogP contribution in [0.2, 0.25) is 0 Å². The Morgan fingerprint density at radius 2 is 2.00 bits per heavy atom. The molecule has 27 heavy (non-hydrogen) atoms. The maximum atomic E-state index is 12.6. The summed E-state index contributed by atoms with van der Waals surface area (Å²) in [7, 11) is 0. The largest absolute Gasteiger partial charge is 0.334 e.